The standard InChI is InChI=1S/C8H14N2O/c1-11-7-8(6-9)10-4-2-3-5-10/h2-5,8H,6-7,9H2,1H3. The lowest BCUT2D eigenvalue weighted by Gasteiger charge is -2.15. The third kappa shape index (κ3) is 2.06. The normalized spacial score (nSPS) is 13.3. The lowest BCUT2D eigenvalue weighted by atomic mass is 10.3. The summed E-state index contributed by atoms with van der Waals surface area (Å²) in [7, 11) is 1.69. The number of ether oxygens (including phenoxy) is 1. The third-order valence-corrected chi connectivity index (χ3v) is 1.68. The van der Waals surface area contributed by atoms with Gasteiger partial charge >= 0.3 is 0 Å². The van der Waals surface area contributed by atoms with Gasteiger partial charge in [0.05, 0.1) is 12.6 Å². The van der Waals surface area contributed by atoms with E-state index in [9.17, 15) is 0 Å². The monoisotopic (exact) mass is 154 g/mol. The Morgan fingerprint density at radius 3 is 2.55 bits per heavy atom. The molecule has 1 aromatic rings. The maximum Gasteiger partial charge on any atom is 0.0686 e. The third-order valence-electron chi connectivity index (χ3n) is 1.68. The first-order valence-electron chi connectivity index (χ1n) is 3.70. The molecule has 0 aliphatic rings. The lowest BCUT2D eigenvalue weighted by Crippen LogP contribution is -2.22. The minimum absolute atomic E-state index is 0.273. The van der Waals surface area contributed by atoms with Gasteiger partial charge in [-0.2, -0.15) is 0 Å². The molecule has 1 aromatic heterocycles. The Bertz CT molecular complexity index is 184. The highest BCUT2D eigenvalue weighted by molar-refractivity contribution is 4.93. The van der Waals surface area contributed by atoms with Crippen LogP contribution in [0.4, 0.5) is 0 Å². The number of aromatic nitrogens is 1. The Labute approximate surface area is 66.8 Å². The Balaban J connectivity index is 2.56. The summed E-state index contributed by atoms with van der Waals surface area (Å²) in [5, 5.41) is 0. The first kappa shape index (κ1) is 8.30. The van der Waals surface area contributed by atoms with Crippen LogP contribution in [-0.4, -0.2) is 24.8 Å². The van der Waals surface area contributed by atoms with Gasteiger partial charge in [-0.1, -0.05) is 0 Å². The second kappa shape index (κ2) is 4.16. The average molecular weight is 154 g/mol. The van der Waals surface area contributed by atoms with Gasteiger partial charge in [-0.05, 0) is 12.1 Å². The van der Waals surface area contributed by atoms with Gasteiger partial charge in [0.25, 0.3) is 0 Å². The van der Waals surface area contributed by atoms with Crippen LogP contribution >= 0.6 is 0 Å². The molecular weight excluding hydrogens is 140 g/mol. The Morgan fingerprint density at radius 1 is 1.45 bits per heavy atom. The molecule has 0 saturated heterocycles. The predicted molar refractivity (Wildman–Crippen MR) is 44.4 cm³/mol. The zero-order valence-electron chi connectivity index (χ0n) is 6.73. The fourth-order valence-electron chi connectivity index (χ4n) is 1.06. The first-order valence-corrected chi connectivity index (χ1v) is 3.70. The smallest absolute Gasteiger partial charge is 0.0686 e. The summed E-state index contributed by atoms with van der Waals surface area (Å²) < 4.78 is 7.08. The molecule has 3 nitrogen and oxygen atoms in total. The van der Waals surface area contributed by atoms with Gasteiger partial charge in [0.1, 0.15) is 0 Å². The molecule has 0 amide bonds. The molecule has 0 aliphatic heterocycles. The molecule has 0 aromatic carbocycles. The van der Waals surface area contributed by atoms with Crippen LogP contribution in [0.3, 0.4) is 0 Å². The van der Waals surface area contributed by atoms with Gasteiger partial charge in [0.2, 0.25) is 0 Å². The van der Waals surface area contributed by atoms with Gasteiger partial charge in [0.15, 0.2) is 0 Å². The zero-order valence-corrected chi connectivity index (χ0v) is 6.73. The second-order valence-electron chi connectivity index (χ2n) is 2.48. The minimum Gasteiger partial charge on any atom is -0.382 e. The molecule has 1 atom stereocenters. The number of hydrogen-bond donors (Lipinski definition) is 1. The van der Waals surface area contributed by atoms with Crippen molar-refractivity contribution in [3.63, 3.8) is 0 Å². The fraction of sp³-hybridized carbons (Fsp3) is 0.500. The summed E-state index contributed by atoms with van der Waals surface area (Å²) in [4.78, 5) is 0. The van der Waals surface area contributed by atoms with E-state index in [2.05, 4.69) is 4.57 Å². The molecule has 1 heterocycles. The topological polar surface area (TPSA) is 40.2 Å². The molecule has 0 spiro atoms. The van der Waals surface area contributed by atoms with Crippen molar-refractivity contribution in [1.82, 2.24) is 4.57 Å². The van der Waals surface area contributed by atoms with Crippen molar-refractivity contribution in [2.45, 2.75) is 6.04 Å². The van der Waals surface area contributed by atoms with Crippen molar-refractivity contribution in [2.24, 2.45) is 5.73 Å². The Hall–Kier alpha value is -0.800. The van der Waals surface area contributed by atoms with Crippen molar-refractivity contribution in [3.05, 3.63) is 24.5 Å². The molecule has 0 bridgehead atoms. The number of nitrogens with two attached hydrogens (primary N) is 1. The van der Waals surface area contributed by atoms with Gasteiger partial charge in [-0.15, -0.1) is 0 Å². The highest BCUT2D eigenvalue weighted by atomic mass is 16.5. The summed E-state index contributed by atoms with van der Waals surface area (Å²) >= 11 is 0. The molecule has 0 saturated carbocycles. The van der Waals surface area contributed by atoms with Crippen LogP contribution in [0.15, 0.2) is 24.5 Å². The van der Waals surface area contributed by atoms with Crippen molar-refractivity contribution >= 4 is 0 Å². The minimum atomic E-state index is 0.273. The maximum atomic E-state index is 5.55. The zero-order chi connectivity index (χ0) is 8.10. The Kier molecular flexibility index (Phi) is 3.14. The summed E-state index contributed by atoms with van der Waals surface area (Å²) in [6.07, 6.45) is 3.99. The second-order valence-corrected chi connectivity index (χ2v) is 2.48. The van der Waals surface area contributed by atoms with Crippen molar-refractivity contribution < 1.29 is 4.74 Å². The predicted octanol–water partition coefficient (Wildman–Crippen LogP) is 0.634. The fourth-order valence-corrected chi connectivity index (χ4v) is 1.06. The summed E-state index contributed by atoms with van der Waals surface area (Å²) in [5.41, 5.74) is 5.55. The van der Waals surface area contributed by atoms with Crippen LogP contribution in [0.2, 0.25) is 0 Å². The van der Waals surface area contributed by atoms with Crippen LogP contribution in [0.1, 0.15) is 6.04 Å². The lowest BCUT2D eigenvalue weighted by molar-refractivity contribution is 0.158. The van der Waals surface area contributed by atoms with Crippen LogP contribution in [0.5, 0.6) is 0 Å². The SMILES string of the molecule is COCC(CN)n1cccc1. The quantitative estimate of drug-likeness (QED) is 0.691. The Morgan fingerprint density at radius 2 is 2.09 bits per heavy atom. The van der Waals surface area contributed by atoms with Gasteiger partial charge in [-0.3, -0.25) is 0 Å². The van der Waals surface area contributed by atoms with Crippen LogP contribution in [0, 0.1) is 0 Å². The molecular formula is C8H14N2O. The van der Waals surface area contributed by atoms with E-state index in [1.54, 1.807) is 7.11 Å². The molecule has 0 radical (unpaired) electrons. The molecule has 0 fully saturated rings. The van der Waals surface area contributed by atoms with Crippen LogP contribution in [-0.2, 0) is 4.74 Å². The van der Waals surface area contributed by atoms with E-state index >= 15 is 0 Å². The van der Waals surface area contributed by atoms with E-state index < -0.39 is 0 Å². The van der Waals surface area contributed by atoms with Crippen molar-refractivity contribution in [2.75, 3.05) is 20.3 Å². The number of methoxy groups -OCH3 is 1. The molecule has 62 valence electrons. The van der Waals surface area contributed by atoms with E-state index in [0.717, 1.165) is 0 Å². The van der Waals surface area contributed by atoms with Crippen LogP contribution < -0.4 is 5.73 Å². The summed E-state index contributed by atoms with van der Waals surface area (Å²) in [6, 6.07) is 4.24. The molecule has 3 heteroatoms. The van der Waals surface area contributed by atoms with E-state index in [4.69, 9.17) is 10.5 Å². The highest BCUT2D eigenvalue weighted by Gasteiger charge is 2.05. The van der Waals surface area contributed by atoms with Crippen molar-refractivity contribution in [1.29, 1.82) is 0 Å². The van der Waals surface area contributed by atoms with E-state index in [1.165, 1.54) is 0 Å². The highest BCUT2D eigenvalue weighted by Crippen LogP contribution is 2.04. The van der Waals surface area contributed by atoms with E-state index in [1.807, 2.05) is 24.5 Å². The average Bonchev–Trinajstić information content (AvgIpc) is 2.52. The molecule has 1 rings (SSSR count). The van der Waals surface area contributed by atoms with Gasteiger partial charge < -0.3 is 15.0 Å². The van der Waals surface area contributed by atoms with Gasteiger partial charge in [-0.25, -0.2) is 0 Å². The number of rotatable bonds is 4. The van der Waals surface area contributed by atoms with Crippen molar-refractivity contribution in [3.8, 4) is 0 Å². The summed E-state index contributed by atoms with van der Waals surface area (Å²) in [6.45, 7) is 1.29. The van der Waals surface area contributed by atoms with E-state index in [-0.39, 0.29) is 6.04 Å². The number of hydrogen-bond acceptors (Lipinski definition) is 2. The molecule has 0 aliphatic carbocycles. The first-order chi connectivity index (χ1) is 5.38. The van der Waals surface area contributed by atoms with Gasteiger partial charge in [0, 0.05) is 26.0 Å². The number of nitrogens with zero attached hydrogens (tertiary/aromatic N) is 1. The maximum absolute atomic E-state index is 5.55. The molecule has 11 heavy (non-hydrogen) atoms. The largest absolute Gasteiger partial charge is 0.382 e. The molecule has 2 N–H and O–H groups in total. The summed E-state index contributed by atoms with van der Waals surface area (Å²) in [5.74, 6) is 0. The molecule has 1 unspecified atom stereocenters. The van der Waals surface area contributed by atoms with E-state index in [0.29, 0.717) is 13.2 Å². The van der Waals surface area contributed by atoms with Crippen LogP contribution in [0.25, 0.3) is 0 Å².